The van der Waals surface area contributed by atoms with Crippen LogP contribution in [0.3, 0.4) is 0 Å². The third-order valence-electron chi connectivity index (χ3n) is 7.19. The highest BCUT2D eigenvalue weighted by Crippen LogP contribution is 2.29. The highest BCUT2D eigenvalue weighted by molar-refractivity contribution is 5.83. The summed E-state index contributed by atoms with van der Waals surface area (Å²) in [6.45, 7) is 4.28. The van der Waals surface area contributed by atoms with Crippen LogP contribution in [0.15, 0.2) is 138 Å². The van der Waals surface area contributed by atoms with E-state index in [-0.39, 0.29) is 6.04 Å². The quantitative estimate of drug-likeness (QED) is 0.225. The molecular weight excluding hydrogens is 460 g/mol. The summed E-state index contributed by atoms with van der Waals surface area (Å²) in [7, 11) is 0. The van der Waals surface area contributed by atoms with Gasteiger partial charge in [0.1, 0.15) is 0 Å². The van der Waals surface area contributed by atoms with E-state index < -0.39 is 0 Å². The first-order valence-electron chi connectivity index (χ1n) is 13.6. The highest BCUT2D eigenvalue weighted by Gasteiger charge is 2.17. The second-order valence-corrected chi connectivity index (χ2v) is 10.2. The molecule has 3 aromatic rings. The molecule has 0 radical (unpaired) electrons. The molecule has 190 valence electrons. The van der Waals surface area contributed by atoms with Crippen molar-refractivity contribution in [3.63, 3.8) is 0 Å². The molecule has 38 heavy (non-hydrogen) atoms. The van der Waals surface area contributed by atoms with Crippen LogP contribution in [0.1, 0.15) is 35.1 Å². The average Bonchev–Trinajstić information content (AvgIpc) is 2.97. The van der Waals surface area contributed by atoms with Crippen molar-refractivity contribution in [3.8, 4) is 0 Å². The van der Waals surface area contributed by atoms with Crippen molar-refractivity contribution in [2.75, 3.05) is 5.01 Å². The molecule has 3 aromatic carbocycles. The Morgan fingerprint density at radius 2 is 1.58 bits per heavy atom. The summed E-state index contributed by atoms with van der Waals surface area (Å²) < 4.78 is 0. The van der Waals surface area contributed by atoms with E-state index in [0.717, 1.165) is 30.5 Å². The maximum Gasteiger partial charge on any atom is 0.0743 e. The molecule has 2 unspecified atom stereocenters. The second kappa shape index (κ2) is 12.4. The van der Waals surface area contributed by atoms with Gasteiger partial charge < -0.3 is 0 Å². The highest BCUT2D eigenvalue weighted by atomic mass is 15.5. The van der Waals surface area contributed by atoms with Crippen LogP contribution in [0.25, 0.3) is 6.08 Å². The van der Waals surface area contributed by atoms with Gasteiger partial charge in [0.05, 0.1) is 17.9 Å². The first kappa shape index (κ1) is 25.5. The lowest BCUT2D eigenvalue weighted by atomic mass is 9.85. The van der Waals surface area contributed by atoms with Crippen molar-refractivity contribution in [2.24, 2.45) is 11.0 Å². The molecule has 0 saturated carbocycles. The fourth-order valence-corrected chi connectivity index (χ4v) is 4.92. The molecule has 2 aliphatic rings. The number of rotatable bonds is 8. The van der Waals surface area contributed by atoms with Gasteiger partial charge in [0.25, 0.3) is 0 Å². The molecule has 0 N–H and O–H groups in total. The fourth-order valence-electron chi connectivity index (χ4n) is 4.92. The van der Waals surface area contributed by atoms with Gasteiger partial charge in [-0.05, 0) is 61.9 Å². The minimum absolute atomic E-state index is 0.220. The third kappa shape index (κ3) is 6.77. The van der Waals surface area contributed by atoms with Crippen LogP contribution in [0.5, 0.6) is 0 Å². The average molecular weight is 497 g/mol. The van der Waals surface area contributed by atoms with E-state index in [9.17, 15) is 0 Å². The molecule has 0 saturated heterocycles. The smallest absolute Gasteiger partial charge is 0.0743 e. The largest absolute Gasteiger partial charge is 0.258 e. The molecule has 2 aliphatic carbocycles. The van der Waals surface area contributed by atoms with E-state index in [4.69, 9.17) is 5.10 Å². The number of para-hydroxylation sites is 1. The number of nitrogens with zero attached hydrogens (tertiary/aromatic N) is 2. The van der Waals surface area contributed by atoms with Crippen molar-refractivity contribution in [1.82, 2.24) is 0 Å². The van der Waals surface area contributed by atoms with Crippen LogP contribution in [-0.2, 0) is 6.42 Å². The Labute approximate surface area is 227 Å². The predicted molar refractivity (Wildman–Crippen MR) is 163 cm³/mol. The molecular formula is C36H36N2. The number of hydrogen-bond acceptors (Lipinski definition) is 2. The Kier molecular flexibility index (Phi) is 8.30. The van der Waals surface area contributed by atoms with Crippen molar-refractivity contribution < 1.29 is 0 Å². The molecule has 0 heterocycles. The molecule has 0 spiro atoms. The molecule has 0 aromatic heterocycles. The first-order valence-corrected chi connectivity index (χ1v) is 13.6. The summed E-state index contributed by atoms with van der Waals surface area (Å²) in [4.78, 5) is 0. The monoisotopic (exact) mass is 496 g/mol. The van der Waals surface area contributed by atoms with Crippen molar-refractivity contribution in [1.29, 1.82) is 0 Å². The second-order valence-electron chi connectivity index (χ2n) is 10.2. The van der Waals surface area contributed by atoms with Gasteiger partial charge >= 0.3 is 0 Å². The molecule has 0 bridgehead atoms. The topological polar surface area (TPSA) is 15.6 Å². The van der Waals surface area contributed by atoms with Crippen LogP contribution in [0, 0.1) is 19.8 Å². The summed E-state index contributed by atoms with van der Waals surface area (Å²) in [5.74, 6) is 0.367. The van der Waals surface area contributed by atoms with Crippen LogP contribution in [0.2, 0.25) is 0 Å². The van der Waals surface area contributed by atoms with Gasteiger partial charge in [-0.15, -0.1) is 0 Å². The van der Waals surface area contributed by atoms with E-state index in [1.54, 1.807) is 0 Å². The Bertz CT molecular complexity index is 1380. The van der Waals surface area contributed by atoms with Gasteiger partial charge in [-0.25, -0.2) is 0 Å². The molecule has 2 nitrogen and oxygen atoms in total. The minimum atomic E-state index is 0.220. The van der Waals surface area contributed by atoms with Gasteiger partial charge in [0.2, 0.25) is 0 Å². The Morgan fingerprint density at radius 1 is 0.842 bits per heavy atom. The summed E-state index contributed by atoms with van der Waals surface area (Å²) >= 11 is 0. The predicted octanol–water partition coefficient (Wildman–Crippen LogP) is 8.81. The van der Waals surface area contributed by atoms with Crippen LogP contribution < -0.4 is 5.01 Å². The van der Waals surface area contributed by atoms with Crippen LogP contribution in [0.4, 0.5) is 5.69 Å². The fraction of sp³-hybridized carbons (Fsp3) is 0.194. The van der Waals surface area contributed by atoms with E-state index in [1.165, 1.54) is 27.8 Å². The maximum atomic E-state index is 4.95. The normalized spacial score (nSPS) is 19.1. The van der Waals surface area contributed by atoms with Gasteiger partial charge in [-0.3, -0.25) is 5.01 Å². The van der Waals surface area contributed by atoms with Gasteiger partial charge in [0.15, 0.2) is 0 Å². The lowest BCUT2D eigenvalue weighted by Crippen LogP contribution is -2.29. The van der Waals surface area contributed by atoms with E-state index in [2.05, 4.69) is 140 Å². The zero-order valence-corrected chi connectivity index (χ0v) is 22.4. The number of allylic oxidation sites excluding steroid dienone is 7. The summed E-state index contributed by atoms with van der Waals surface area (Å²) in [5, 5.41) is 7.08. The molecule has 2 heteroatoms. The molecule has 0 amide bonds. The Morgan fingerprint density at radius 3 is 2.24 bits per heavy atom. The molecule has 2 atom stereocenters. The van der Waals surface area contributed by atoms with Crippen LogP contribution in [-0.4, -0.2) is 12.3 Å². The lowest BCUT2D eigenvalue weighted by molar-refractivity contribution is 0.716. The van der Waals surface area contributed by atoms with Crippen molar-refractivity contribution in [2.45, 2.75) is 39.2 Å². The maximum absolute atomic E-state index is 4.95. The molecule has 5 rings (SSSR count). The minimum Gasteiger partial charge on any atom is -0.258 e. The number of anilines is 1. The Balaban J connectivity index is 1.34. The summed E-state index contributed by atoms with van der Waals surface area (Å²) in [5.41, 5.74) is 8.90. The number of aryl methyl sites for hydroxylation is 2. The van der Waals surface area contributed by atoms with E-state index in [0.29, 0.717) is 5.92 Å². The SMILES string of the molecule is Cc1ccc(C=C(Cc2ccc(C)cc2)C2C=CC(C=NN(c3ccccc3)C3C=CC=CC3)=CC2)cc1. The van der Waals surface area contributed by atoms with Gasteiger partial charge in [0, 0.05) is 5.92 Å². The number of hydrogen-bond donors (Lipinski definition) is 0. The van der Waals surface area contributed by atoms with Crippen molar-refractivity contribution >= 4 is 18.0 Å². The van der Waals surface area contributed by atoms with E-state index in [1.807, 2.05) is 12.3 Å². The molecule has 0 aliphatic heterocycles. The first-order chi connectivity index (χ1) is 18.6. The zero-order chi connectivity index (χ0) is 26.2. The summed E-state index contributed by atoms with van der Waals surface area (Å²) in [6, 6.07) is 28.4. The standard InChI is InChI=1S/C36H36N2/c1-28-13-17-30(18-14-28)25-34(26-31-19-15-29(2)16-20-31)33-23-21-32(22-24-33)27-37-38(35-9-5-3-6-10-35)36-11-7-4-8-12-36/h3-11,13-23,25,27,33,36H,12,24,26H2,1-2H3. The number of benzene rings is 3. The number of hydrazone groups is 1. The van der Waals surface area contributed by atoms with Gasteiger partial charge in [-0.1, -0.05) is 132 Å². The third-order valence-corrected chi connectivity index (χ3v) is 7.19. The lowest BCUT2D eigenvalue weighted by Gasteiger charge is -2.27. The van der Waals surface area contributed by atoms with E-state index >= 15 is 0 Å². The molecule has 0 fully saturated rings. The summed E-state index contributed by atoms with van der Waals surface area (Å²) in [6.07, 6.45) is 22.8. The van der Waals surface area contributed by atoms with Crippen molar-refractivity contribution in [3.05, 3.63) is 155 Å². The zero-order valence-electron chi connectivity index (χ0n) is 22.4. The van der Waals surface area contributed by atoms with Gasteiger partial charge in [-0.2, -0.15) is 5.10 Å². The Hall–Kier alpha value is -4.17. The van der Waals surface area contributed by atoms with Crippen LogP contribution >= 0.6 is 0 Å².